The molecule has 5 nitrogen and oxygen atoms in total. The maximum atomic E-state index is 13.3. The van der Waals surface area contributed by atoms with Crippen molar-refractivity contribution >= 4 is 27.9 Å². The number of carbonyl (C=O) groups excluding carboxylic acids is 1. The Balaban J connectivity index is 1.61. The number of piperidine rings is 1. The second-order valence-corrected chi connectivity index (χ2v) is 7.88. The minimum absolute atomic E-state index is 0.0315. The third kappa shape index (κ3) is 4.45. The number of hydrogen-bond donors (Lipinski definition) is 1. The third-order valence-corrected chi connectivity index (χ3v) is 5.96. The van der Waals surface area contributed by atoms with Gasteiger partial charge in [-0.2, -0.15) is 5.26 Å². The summed E-state index contributed by atoms with van der Waals surface area (Å²) in [5.74, 6) is -0.445. The van der Waals surface area contributed by atoms with E-state index in [0.717, 1.165) is 34.2 Å². The Morgan fingerprint density at radius 2 is 2.19 bits per heavy atom. The lowest BCUT2D eigenvalue weighted by Gasteiger charge is -2.33. The first-order valence-electron chi connectivity index (χ1n) is 9.23. The lowest BCUT2D eigenvalue weighted by atomic mass is 9.95. The molecule has 1 aromatic heterocycles. The number of rotatable bonds is 5. The largest absolute Gasteiger partial charge is 0.370 e. The van der Waals surface area contributed by atoms with Crippen LogP contribution in [0.3, 0.4) is 0 Å². The van der Waals surface area contributed by atoms with Gasteiger partial charge in [0.2, 0.25) is 5.91 Å². The second-order valence-electron chi connectivity index (χ2n) is 6.80. The number of nitrogens with one attached hydrogen (secondary N) is 1. The number of halogens is 1. The molecule has 1 aromatic carbocycles. The summed E-state index contributed by atoms with van der Waals surface area (Å²) in [6.45, 7) is 5.37. The van der Waals surface area contributed by atoms with Gasteiger partial charge >= 0.3 is 0 Å². The van der Waals surface area contributed by atoms with Crippen molar-refractivity contribution in [3.05, 3.63) is 40.3 Å². The first-order chi connectivity index (χ1) is 13.0. The van der Waals surface area contributed by atoms with Crippen LogP contribution in [0.15, 0.2) is 18.2 Å². The lowest BCUT2D eigenvalue weighted by molar-refractivity contribution is -0.120. The Morgan fingerprint density at radius 1 is 1.44 bits per heavy atom. The van der Waals surface area contributed by atoms with Crippen LogP contribution in [-0.2, 0) is 11.2 Å². The van der Waals surface area contributed by atoms with Gasteiger partial charge in [-0.05, 0) is 50.8 Å². The quantitative estimate of drug-likeness (QED) is 0.833. The number of carbonyl (C=O) groups is 1. The van der Waals surface area contributed by atoms with Gasteiger partial charge in [0.05, 0.1) is 22.0 Å². The van der Waals surface area contributed by atoms with Crippen molar-refractivity contribution in [3.8, 4) is 6.07 Å². The molecule has 2 heterocycles. The smallest absolute Gasteiger partial charge is 0.228 e. The Hall–Kier alpha value is -2.46. The first-order valence-corrected chi connectivity index (χ1v) is 10.0. The number of aryl methyl sites for hydroxylation is 2. The van der Waals surface area contributed by atoms with Crippen molar-refractivity contribution in [1.82, 2.24) is 4.98 Å². The van der Waals surface area contributed by atoms with Crippen molar-refractivity contribution in [3.63, 3.8) is 0 Å². The number of amides is 1. The summed E-state index contributed by atoms with van der Waals surface area (Å²) in [6.07, 6.45) is 3.37. The normalized spacial score (nSPS) is 14.8. The maximum absolute atomic E-state index is 13.3. The zero-order chi connectivity index (χ0) is 19.4. The maximum Gasteiger partial charge on any atom is 0.228 e. The fourth-order valence-electron chi connectivity index (χ4n) is 3.36. The van der Waals surface area contributed by atoms with Crippen LogP contribution < -0.4 is 10.2 Å². The molecule has 2 aromatic rings. The van der Waals surface area contributed by atoms with Gasteiger partial charge in [0.1, 0.15) is 16.9 Å². The Bertz CT molecular complexity index is 865. The van der Waals surface area contributed by atoms with Crippen LogP contribution in [0, 0.1) is 30.0 Å². The molecule has 3 rings (SSSR count). The topological polar surface area (TPSA) is 69.0 Å². The van der Waals surface area contributed by atoms with Crippen LogP contribution in [0.2, 0.25) is 0 Å². The number of aromatic nitrogens is 1. The fraction of sp³-hybridized carbons (Fsp3) is 0.450. The van der Waals surface area contributed by atoms with Gasteiger partial charge in [-0.25, -0.2) is 9.37 Å². The standard InChI is InChI=1S/C20H23FN4OS/c1-3-4-18-23-13(2)20(27-18)24-19(26)14-7-9-25(10-8-14)17-6-5-16(21)11-15(17)12-22/h5-6,11,14H,3-4,7-10H2,1-2H3,(H,24,26). The van der Waals surface area contributed by atoms with Crippen molar-refractivity contribution in [1.29, 1.82) is 5.26 Å². The van der Waals surface area contributed by atoms with E-state index in [-0.39, 0.29) is 11.8 Å². The van der Waals surface area contributed by atoms with Crippen LogP contribution >= 0.6 is 11.3 Å². The van der Waals surface area contributed by atoms with Crippen LogP contribution in [0.1, 0.15) is 42.5 Å². The molecule has 1 saturated heterocycles. The first kappa shape index (κ1) is 19.3. The average Bonchev–Trinajstić information content (AvgIpc) is 3.01. The number of hydrogen-bond acceptors (Lipinski definition) is 5. The van der Waals surface area contributed by atoms with E-state index in [1.165, 1.54) is 12.1 Å². The van der Waals surface area contributed by atoms with Crippen LogP contribution in [0.4, 0.5) is 15.1 Å². The molecule has 0 spiro atoms. The van der Waals surface area contributed by atoms with E-state index in [1.54, 1.807) is 17.4 Å². The zero-order valence-corrected chi connectivity index (χ0v) is 16.4. The molecule has 27 heavy (non-hydrogen) atoms. The van der Waals surface area contributed by atoms with Gasteiger partial charge < -0.3 is 10.2 Å². The van der Waals surface area contributed by atoms with E-state index in [0.29, 0.717) is 31.5 Å². The van der Waals surface area contributed by atoms with Crippen LogP contribution in [0.25, 0.3) is 0 Å². The molecule has 1 aliphatic rings. The van der Waals surface area contributed by atoms with Gasteiger partial charge in [-0.3, -0.25) is 4.79 Å². The summed E-state index contributed by atoms with van der Waals surface area (Å²) in [5, 5.41) is 14.2. The number of thiazole rings is 1. The predicted octanol–water partition coefficient (Wildman–Crippen LogP) is 4.27. The highest BCUT2D eigenvalue weighted by Gasteiger charge is 2.27. The molecule has 1 N–H and O–H groups in total. The molecule has 1 fully saturated rings. The third-order valence-electron chi connectivity index (χ3n) is 4.83. The van der Waals surface area contributed by atoms with Crippen LogP contribution in [-0.4, -0.2) is 24.0 Å². The molecule has 0 radical (unpaired) electrons. The summed E-state index contributed by atoms with van der Waals surface area (Å²) in [7, 11) is 0. The van der Waals surface area contributed by atoms with Gasteiger partial charge in [0, 0.05) is 19.0 Å². The van der Waals surface area contributed by atoms with Gasteiger partial charge in [-0.15, -0.1) is 11.3 Å². The van der Waals surface area contributed by atoms with E-state index in [4.69, 9.17) is 0 Å². The van der Waals surface area contributed by atoms with Crippen LogP contribution in [0.5, 0.6) is 0 Å². The zero-order valence-electron chi connectivity index (χ0n) is 15.6. The van der Waals surface area contributed by atoms with Crippen molar-refractivity contribution < 1.29 is 9.18 Å². The van der Waals surface area contributed by atoms with E-state index >= 15 is 0 Å². The minimum atomic E-state index is -0.410. The summed E-state index contributed by atoms with van der Waals surface area (Å²) in [6, 6.07) is 6.32. The number of benzene rings is 1. The molecular formula is C20H23FN4OS. The van der Waals surface area contributed by atoms with E-state index in [2.05, 4.69) is 28.2 Å². The SMILES string of the molecule is CCCc1nc(C)c(NC(=O)C2CCN(c3ccc(F)cc3C#N)CC2)s1. The van der Waals surface area contributed by atoms with Gasteiger partial charge in [0.25, 0.3) is 0 Å². The molecule has 0 saturated carbocycles. The molecule has 0 bridgehead atoms. The number of nitriles is 1. The summed E-state index contributed by atoms with van der Waals surface area (Å²) in [4.78, 5) is 19.2. The average molecular weight is 386 g/mol. The van der Waals surface area contributed by atoms with Crippen molar-refractivity contribution in [2.45, 2.75) is 39.5 Å². The van der Waals surface area contributed by atoms with Crippen molar-refractivity contribution in [2.75, 3.05) is 23.3 Å². The van der Waals surface area contributed by atoms with E-state index in [9.17, 15) is 14.4 Å². The summed E-state index contributed by atoms with van der Waals surface area (Å²) < 4.78 is 13.3. The Kier molecular flexibility index (Phi) is 6.07. The molecule has 0 unspecified atom stereocenters. The summed E-state index contributed by atoms with van der Waals surface area (Å²) >= 11 is 1.56. The molecule has 142 valence electrons. The highest BCUT2D eigenvalue weighted by Crippen LogP contribution is 2.29. The summed E-state index contributed by atoms with van der Waals surface area (Å²) in [5.41, 5.74) is 1.95. The van der Waals surface area contributed by atoms with E-state index < -0.39 is 5.82 Å². The highest BCUT2D eigenvalue weighted by atomic mass is 32.1. The molecule has 1 aliphatic heterocycles. The Labute approximate surface area is 162 Å². The monoisotopic (exact) mass is 386 g/mol. The molecule has 0 aliphatic carbocycles. The predicted molar refractivity (Wildman–Crippen MR) is 106 cm³/mol. The fourth-order valence-corrected chi connectivity index (χ4v) is 4.43. The Morgan fingerprint density at radius 3 is 2.85 bits per heavy atom. The number of anilines is 2. The second kappa shape index (κ2) is 8.49. The lowest BCUT2D eigenvalue weighted by Crippen LogP contribution is -2.38. The van der Waals surface area contributed by atoms with E-state index in [1.807, 2.05) is 6.92 Å². The van der Waals surface area contributed by atoms with Gasteiger partial charge in [-0.1, -0.05) is 6.92 Å². The molecule has 7 heteroatoms. The van der Waals surface area contributed by atoms with Gasteiger partial charge in [0.15, 0.2) is 0 Å². The molecular weight excluding hydrogens is 363 g/mol. The molecule has 0 atom stereocenters. The molecule has 1 amide bonds. The minimum Gasteiger partial charge on any atom is -0.370 e. The number of nitrogens with zero attached hydrogens (tertiary/aromatic N) is 3. The van der Waals surface area contributed by atoms with Crippen molar-refractivity contribution in [2.24, 2.45) is 5.92 Å². The highest BCUT2D eigenvalue weighted by molar-refractivity contribution is 7.16.